The molecule has 3 heterocycles. The molecule has 0 bridgehead atoms. The van der Waals surface area contributed by atoms with Crippen LogP contribution in [0, 0.1) is 5.92 Å². The van der Waals surface area contributed by atoms with Crippen LogP contribution < -0.4 is 0 Å². The molecule has 1 saturated heterocycles. The summed E-state index contributed by atoms with van der Waals surface area (Å²) in [6.07, 6.45) is 1.81. The van der Waals surface area contributed by atoms with Gasteiger partial charge in [-0.15, -0.1) is 11.3 Å². The second-order valence-corrected chi connectivity index (χ2v) is 10.4. The Balaban J connectivity index is 1.41. The van der Waals surface area contributed by atoms with Crippen LogP contribution in [0.5, 0.6) is 0 Å². The molecule has 1 aromatic carbocycles. The highest BCUT2D eigenvalue weighted by Gasteiger charge is 2.36. The van der Waals surface area contributed by atoms with Crippen LogP contribution in [0.4, 0.5) is 0 Å². The molecule has 160 valence electrons. The molecule has 30 heavy (non-hydrogen) atoms. The smallest absolute Gasteiger partial charge is 0.349 e. The average Bonchev–Trinajstić information content (AvgIpc) is 3.29. The molecule has 1 fully saturated rings. The Bertz CT molecular complexity index is 1050. The van der Waals surface area contributed by atoms with Gasteiger partial charge >= 0.3 is 5.97 Å². The molecule has 0 radical (unpaired) electrons. The van der Waals surface area contributed by atoms with E-state index >= 15 is 0 Å². The van der Waals surface area contributed by atoms with Crippen LogP contribution in [0.2, 0.25) is 0 Å². The van der Waals surface area contributed by atoms with Gasteiger partial charge in [0.1, 0.15) is 9.77 Å². The zero-order valence-electron chi connectivity index (χ0n) is 16.7. The molecule has 0 atom stereocenters. The van der Waals surface area contributed by atoms with Gasteiger partial charge in [-0.3, -0.25) is 4.79 Å². The van der Waals surface area contributed by atoms with Gasteiger partial charge in [0.2, 0.25) is 15.9 Å². The van der Waals surface area contributed by atoms with E-state index in [0.29, 0.717) is 25.9 Å². The molecule has 0 spiro atoms. The van der Waals surface area contributed by atoms with Crippen LogP contribution in [-0.2, 0) is 32.5 Å². The topological polar surface area (TPSA) is 84.0 Å². The third-order valence-corrected chi connectivity index (χ3v) is 8.83. The zero-order chi connectivity index (χ0) is 21.3. The number of amides is 1. The van der Waals surface area contributed by atoms with E-state index in [1.807, 2.05) is 17.0 Å². The highest BCUT2D eigenvalue weighted by atomic mass is 32.2. The molecule has 7 nitrogen and oxygen atoms in total. The molecule has 2 aliphatic heterocycles. The summed E-state index contributed by atoms with van der Waals surface area (Å²) in [7, 11) is -2.57. The minimum atomic E-state index is -3.80. The highest BCUT2D eigenvalue weighted by Crippen LogP contribution is 2.30. The minimum absolute atomic E-state index is 0.0169. The molecule has 1 amide bonds. The first-order valence-electron chi connectivity index (χ1n) is 9.93. The lowest BCUT2D eigenvalue weighted by Gasteiger charge is -2.35. The number of fused-ring (bicyclic) bond motifs is 1. The molecule has 2 aliphatic rings. The van der Waals surface area contributed by atoms with Gasteiger partial charge in [0.05, 0.1) is 7.11 Å². The number of hydrogen-bond acceptors (Lipinski definition) is 6. The fraction of sp³-hybridized carbons (Fsp3) is 0.429. The summed E-state index contributed by atoms with van der Waals surface area (Å²) >= 11 is 1.05. The average molecular weight is 449 g/mol. The first kappa shape index (κ1) is 21.0. The molecule has 0 aliphatic carbocycles. The Labute approximate surface area is 180 Å². The van der Waals surface area contributed by atoms with E-state index in [1.54, 1.807) is 5.38 Å². The van der Waals surface area contributed by atoms with E-state index < -0.39 is 16.0 Å². The van der Waals surface area contributed by atoms with Crippen molar-refractivity contribution in [2.45, 2.75) is 30.7 Å². The van der Waals surface area contributed by atoms with E-state index in [9.17, 15) is 18.0 Å². The van der Waals surface area contributed by atoms with Crippen molar-refractivity contribution in [3.05, 3.63) is 51.7 Å². The van der Waals surface area contributed by atoms with Crippen molar-refractivity contribution in [2.75, 3.05) is 26.7 Å². The minimum Gasteiger partial charge on any atom is -0.465 e. The van der Waals surface area contributed by atoms with Crippen molar-refractivity contribution < 1.29 is 22.7 Å². The lowest BCUT2D eigenvalue weighted by atomic mass is 9.94. The number of carbonyl (C=O) groups excluding carboxylic acids is 2. The fourth-order valence-corrected chi connectivity index (χ4v) is 6.94. The van der Waals surface area contributed by atoms with Crippen LogP contribution in [0.3, 0.4) is 0 Å². The summed E-state index contributed by atoms with van der Waals surface area (Å²) in [6.45, 7) is 1.84. The van der Waals surface area contributed by atoms with Gasteiger partial charge < -0.3 is 9.64 Å². The number of methoxy groups -OCH3 is 1. The zero-order valence-corrected chi connectivity index (χ0v) is 18.4. The van der Waals surface area contributed by atoms with Gasteiger partial charge in [-0.2, -0.15) is 4.31 Å². The van der Waals surface area contributed by atoms with Crippen LogP contribution in [0.25, 0.3) is 0 Å². The number of ether oxygens (including phenoxy) is 1. The number of thiophene rings is 1. The fourth-order valence-electron chi connectivity index (χ4n) is 4.17. The molecule has 1 aromatic heterocycles. The molecule has 2 aromatic rings. The normalized spacial score (nSPS) is 18.1. The molecule has 0 unspecified atom stereocenters. The molecule has 0 N–H and O–H groups in total. The van der Waals surface area contributed by atoms with E-state index in [4.69, 9.17) is 4.74 Å². The van der Waals surface area contributed by atoms with Gasteiger partial charge in [0.25, 0.3) is 0 Å². The number of hydrogen-bond donors (Lipinski definition) is 0. The first-order valence-corrected chi connectivity index (χ1v) is 12.3. The Morgan fingerprint density at radius 2 is 1.77 bits per heavy atom. The van der Waals surface area contributed by atoms with Crippen molar-refractivity contribution >= 4 is 33.2 Å². The van der Waals surface area contributed by atoms with E-state index in [0.717, 1.165) is 17.8 Å². The van der Waals surface area contributed by atoms with Gasteiger partial charge in [0.15, 0.2) is 0 Å². The van der Waals surface area contributed by atoms with Gasteiger partial charge in [-0.05, 0) is 41.8 Å². The maximum Gasteiger partial charge on any atom is 0.349 e. The van der Waals surface area contributed by atoms with E-state index in [2.05, 4.69) is 12.1 Å². The number of nitrogens with zero attached hydrogens (tertiary/aromatic N) is 2. The molecular weight excluding hydrogens is 424 g/mol. The maximum absolute atomic E-state index is 13.0. The van der Waals surface area contributed by atoms with Gasteiger partial charge in [-0.25, -0.2) is 13.2 Å². The largest absolute Gasteiger partial charge is 0.465 e. The number of sulfonamides is 1. The predicted octanol–water partition coefficient (Wildman–Crippen LogP) is 2.52. The van der Waals surface area contributed by atoms with Crippen molar-refractivity contribution in [1.82, 2.24) is 9.21 Å². The predicted molar refractivity (Wildman–Crippen MR) is 113 cm³/mol. The van der Waals surface area contributed by atoms with E-state index in [1.165, 1.54) is 28.6 Å². The quantitative estimate of drug-likeness (QED) is 0.671. The number of benzene rings is 1. The summed E-state index contributed by atoms with van der Waals surface area (Å²) in [4.78, 5) is 26.9. The van der Waals surface area contributed by atoms with Gasteiger partial charge in [0, 0.05) is 32.1 Å². The molecule has 4 rings (SSSR count). The Morgan fingerprint density at radius 3 is 2.47 bits per heavy atom. The van der Waals surface area contributed by atoms with Crippen molar-refractivity contribution in [1.29, 1.82) is 0 Å². The molecular formula is C21H24N2O5S2. The summed E-state index contributed by atoms with van der Waals surface area (Å²) < 4.78 is 32.1. The maximum atomic E-state index is 13.0. The van der Waals surface area contributed by atoms with Gasteiger partial charge in [-0.1, -0.05) is 24.3 Å². The summed E-state index contributed by atoms with van der Waals surface area (Å²) in [5.41, 5.74) is 2.48. The van der Waals surface area contributed by atoms with Crippen LogP contribution in [0.15, 0.2) is 40.6 Å². The molecule has 0 saturated carbocycles. The van der Waals surface area contributed by atoms with Crippen molar-refractivity contribution in [3.8, 4) is 0 Å². The third kappa shape index (κ3) is 3.89. The van der Waals surface area contributed by atoms with Crippen molar-refractivity contribution in [3.63, 3.8) is 0 Å². The Hall–Kier alpha value is -2.23. The third-order valence-electron chi connectivity index (χ3n) is 5.86. The highest BCUT2D eigenvalue weighted by molar-refractivity contribution is 7.89. The lowest BCUT2D eigenvalue weighted by molar-refractivity contribution is -0.137. The summed E-state index contributed by atoms with van der Waals surface area (Å²) in [5.74, 6) is -0.726. The number of rotatable bonds is 4. The number of carbonyl (C=O) groups is 2. The van der Waals surface area contributed by atoms with E-state index in [-0.39, 0.29) is 34.7 Å². The number of esters is 1. The van der Waals surface area contributed by atoms with Crippen LogP contribution in [0.1, 0.15) is 33.6 Å². The summed E-state index contributed by atoms with van der Waals surface area (Å²) in [6, 6.07) is 9.61. The summed E-state index contributed by atoms with van der Waals surface area (Å²) in [5, 5.41) is 1.57. The second kappa shape index (κ2) is 8.49. The standard InChI is InChI=1S/C21H24N2O5S2/c1-28-21(25)19-18(9-13-29-19)30(26,27)23-11-7-16(8-12-23)20(24)22-10-6-15-4-2-3-5-17(15)14-22/h2-5,9,13,16H,6-8,10-12,14H2,1H3. The van der Waals surface area contributed by atoms with Crippen LogP contribution >= 0.6 is 11.3 Å². The first-order chi connectivity index (χ1) is 14.4. The lowest BCUT2D eigenvalue weighted by Crippen LogP contribution is -2.45. The Kier molecular flexibility index (Phi) is 5.95. The van der Waals surface area contributed by atoms with Crippen molar-refractivity contribution in [2.24, 2.45) is 5.92 Å². The Morgan fingerprint density at radius 1 is 1.07 bits per heavy atom. The monoisotopic (exact) mass is 448 g/mol. The number of piperidine rings is 1. The van der Waals surface area contributed by atoms with Crippen LogP contribution in [-0.4, -0.2) is 56.2 Å². The SMILES string of the molecule is COC(=O)c1sccc1S(=O)(=O)N1CCC(C(=O)N2CCc3ccccc3C2)CC1. The molecule has 9 heteroatoms. The second-order valence-electron chi connectivity index (χ2n) is 7.56.